The fourth-order valence-corrected chi connectivity index (χ4v) is 4.24. The van der Waals surface area contributed by atoms with E-state index in [0.29, 0.717) is 49.2 Å². The molecule has 2 aliphatic rings. The maximum absolute atomic E-state index is 12.7. The summed E-state index contributed by atoms with van der Waals surface area (Å²) in [5.74, 6) is 0.435. The van der Waals surface area contributed by atoms with E-state index in [2.05, 4.69) is 4.98 Å². The standard InChI is InChI=1S/C20H22N4O4S/c1-13-3-4-16-17(9-13)28-11-19(26)24(16)10-18-21-15(12-29-18)20(27)23-7-5-22(6-8-23)14(2)25/h3-4,9,12H,5-8,10-11H2,1-2H3. The molecule has 29 heavy (non-hydrogen) atoms. The third kappa shape index (κ3) is 3.95. The highest BCUT2D eigenvalue weighted by molar-refractivity contribution is 7.09. The molecule has 3 heterocycles. The molecule has 0 saturated carbocycles. The average molecular weight is 414 g/mol. The van der Waals surface area contributed by atoms with Gasteiger partial charge in [0.25, 0.3) is 11.8 Å². The van der Waals surface area contributed by atoms with Crippen LogP contribution in [-0.4, -0.2) is 65.3 Å². The molecule has 2 aromatic rings. The second kappa shape index (κ2) is 7.82. The van der Waals surface area contributed by atoms with E-state index in [0.717, 1.165) is 11.3 Å². The van der Waals surface area contributed by atoms with Crippen molar-refractivity contribution in [2.45, 2.75) is 20.4 Å². The first kappa shape index (κ1) is 19.4. The number of ether oxygens (including phenoxy) is 1. The molecule has 0 bridgehead atoms. The fraction of sp³-hybridized carbons (Fsp3) is 0.400. The predicted molar refractivity (Wildman–Crippen MR) is 108 cm³/mol. The number of rotatable bonds is 3. The molecule has 0 spiro atoms. The number of nitrogens with zero attached hydrogens (tertiary/aromatic N) is 4. The Morgan fingerprint density at radius 1 is 1.17 bits per heavy atom. The summed E-state index contributed by atoms with van der Waals surface area (Å²) in [5.41, 5.74) is 2.16. The van der Waals surface area contributed by atoms with Crippen molar-refractivity contribution in [2.75, 3.05) is 37.7 Å². The molecular formula is C20H22N4O4S. The first-order valence-corrected chi connectivity index (χ1v) is 10.3. The Morgan fingerprint density at radius 3 is 2.62 bits per heavy atom. The van der Waals surface area contributed by atoms with Crippen LogP contribution in [0, 0.1) is 6.92 Å². The van der Waals surface area contributed by atoms with Crippen LogP contribution >= 0.6 is 11.3 Å². The average Bonchev–Trinajstić information content (AvgIpc) is 3.18. The quantitative estimate of drug-likeness (QED) is 0.763. The van der Waals surface area contributed by atoms with Gasteiger partial charge in [-0.3, -0.25) is 19.3 Å². The first-order valence-electron chi connectivity index (χ1n) is 9.45. The Hall–Kier alpha value is -2.94. The van der Waals surface area contributed by atoms with Gasteiger partial charge in [-0.25, -0.2) is 4.98 Å². The fourth-order valence-electron chi connectivity index (χ4n) is 3.49. The van der Waals surface area contributed by atoms with Gasteiger partial charge in [-0.1, -0.05) is 6.07 Å². The Bertz CT molecular complexity index is 965. The molecule has 0 N–H and O–H groups in total. The molecule has 2 aliphatic heterocycles. The molecule has 8 nitrogen and oxygen atoms in total. The topological polar surface area (TPSA) is 83.1 Å². The molecule has 4 rings (SSSR count). The van der Waals surface area contributed by atoms with E-state index in [4.69, 9.17) is 4.74 Å². The van der Waals surface area contributed by atoms with Crippen LogP contribution in [0.3, 0.4) is 0 Å². The number of benzene rings is 1. The molecule has 0 radical (unpaired) electrons. The van der Waals surface area contributed by atoms with Crippen molar-refractivity contribution in [3.05, 3.63) is 39.8 Å². The number of hydrogen-bond acceptors (Lipinski definition) is 6. The van der Waals surface area contributed by atoms with Crippen molar-refractivity contribution < 1.29 is 19.1 Å². The summed E-state index contributed by atoms with van der Waals surface area (Å²) in [5, 5.41) is 2.42. The highest BCUT2D eigenvalue weighted by Crippen LogP contribution is 2.34. The minimum absolute atomic E-state index is 0.00591. The lowest BCUT2D eigenvalue weighted by atomic mass is 10.1. The normalized spacial score (nSPS) is 16.5. The largest absolute Gasteiger partial charge is 0.482 e. The summed E-state index contributed by atoms with van der Waals surface area (Å²) in [6.45, 7) is 5.88. The van der Waals surface area contributed by atoms with Crippen LogP contribution in [0.2, 0.25) is 0 Å². The maximum atomic E-state index is 12.7. The first-order chi connectivity index (χ1) is 13.9. The molecule has 1 aromatic carbocycles. The lowest BCUT2D eigenvalue weighted by Crippen LogP contribution is -2.50. The second-order valence-corrected chi connectivity index (χ2v) is 8.11. The summed E-state index contributed by atoms with van der Waals surface area (Å²) < 4.78 is 5.54. The van der Waals surface area contributed by atoms with Crippen LogP contribution in [0.15, 0.2) is 23.6 Å². The molecule has 1 saturated heterocycles. The van der Waals surface area contributed by atoms with E-state index in [1.807, 2.05) is 25.1 Å². The Morgan fingerprint density at radius 2 is 1.90 bits per heavy atom. The SMILES string of the molecule is CC(=O)N1CCN(C(=O)c2csc(CN3C(=O)COc4cc(C)ccc43)n2)CC1. The monoisotopic (exact) mass is 414 g/mol. The number of carbonyl (C=O) groups excluding carboxylic acids is 3. The number of piperazine rings is 1. The lowest BCUT2D eigenvalue weighted by Gasteiger charge is -2.33. The van der Waals surface area contributed by atoms with Gasteiger partial charge in [0.1, 0.15) is 16.5 Å². The van der Waals surface area contributed by atoms with Crippen LogP contribution < -0.4 is 9.64 Å². The summed E-state index contributed by atoms with van der Waals surface area (Å²) in [4.78, 5) is 46.2. The van der Waals surface area contributed by atoms with E-state index in [1.54, 1.807) is 20.1 Å². The molecular weight excluding hydrogens is 392 g/mol. The van der Waals surface area contributed by atoms with Crippen molar-refractivity contribution in [3.63, 3.8) is 0 Å². The Kier molecular flexibility index (Phi) is 5.23. The van der Waals surface area contributed by atoms with E-state index >= 15 is 0 Å². The van der Waals surface area contributed by atoms with Crippen LogP contribution in [0.25, 0.3) is 0 Å². The lowest BCUT2D eigenvalue weighted by molar-refractivity contribution is -0.130. The second-order valence-electron chi connectivity index (χ2n) is 7.16. The molecule has 0 unspecified atom stereocenters. The van der Waals surface area contributed by atoms with Gasteiger partial charge in [0, 0.05) is 38.5 Å². The number of aromatic nitrogens is 1. The zero-order valence-electron chi connectivity index (χ0n) is 16.4. The number of anilines is 1. The highest BCUT2D eigenvalue weighted by atomic mass is 32.1. The third-order valence-corrected chi connectivity index (χ3v) is 5.97. The van der Waals surface area contributed by atoms with E-state index in [1.165, 1.54) is 18.3 Å². The van der Waals surface area contributed by atoms with Crippen molar-refractivity contribution in [1.29, 1.82) is 0 Å². The van der Waals surface area contributed by atoms with Crippen LogP contribution in [0.1, 0.15) is 28.0 Å². The zero-order valence-corrected chi connectivity index (χ0v) is 17.2. The molecule has 1 fully saturated rings. The minimum Gasteiger partial charge on any atom is -0.482 e. The summed E-state index contributed by atoms with van der Waals surface area (Å²) in [6, 6.07) is 5.72. The number of aryl methyl sites for hydroxylation is 1. The van der Waals surface area contributed by atoms with Crippen LogP contribution in [0.4, 0.5) is 5.69 Å². The smallest absolute Gasteiger partial charge is 0.273 e. The molecule has 0 atom stereocenters. The van der Waals surface area contributed by atoms with Crippen molar-refractivity contribution in [3.8, 4) is 5.75 Å². The van der Waals surface area contributed by atoms with Crippen molar-refractivity contribution >= 4 is 34.7 Å². The maximum Gasteiger partial charge on any atom is 0.273 e. The molecule has 9 heteroatoms. The minimum atomic E-state index is -0.139. The van der Waals surface area contributed by atoms with E-state index in [9.17, 15) is 14.4 Å². The number of carbonyl (C=O) groups is 3. The van der Waals surface area contributed by atoms with Gasteiger partial charge >= 0.3 is 0 Å². The van der Waals surface area contributed by atoms with Gasteiger partial charge in [-0.2, -0.15) is 0 Å². The van der Waals surface area contributed by atoms with Gasteiger partial charge < -0.3 is 14.5 Å². The summed E-state index contributed by atoms with van der Waals surface area (Å²) in [6.07, 6.45) is 0. The number of amides is 3. The van der Waals surface area contributed by atoms with Gasteiger partial charge in [-0.05, 0) is 24.6 Å². The van der Waals surface area contributed by atoms with Crippen LogP contribution in [-0.2, 0) is 16.1 Å². The summed E-state index contributed by atoms with van der Waals surface area (Å²) in [7, 11) is 0. The van der Waals surface area contributed by atoms with Gasteiger partial charge in [0.05, 0.1) is 12.2 Å². The summed E-state index contributed by atoms with van der Waals surface area (Å²) >= 11 is 1.36. The number of fused-ring (bicyclic) bond motifs is 1. The van der Waals surface area contributed by atoms with Crippen molar-refractivity contribution in [1.82, 2.24) is 14.8 Å². The number of thiazole rings is 1. The molecule has 0 aliphatic carbocycles. The molecule has 3 amide bonds. The predicted octanol–water partition coefficient (Wildman–Crippen LogP) is 1.68. The van der Waals surface area contributed by atoms with Gasteiger partial charge in [-0.15, -0.1) is 11.3 Å². The van der Waals surface area contributed by atoms with Gasteiger partial charge in [0.15, 0.2) is 6.61 Å². The highest BCUT2D eigenvalue weighted by Gasteiger charge is 2.28. The molecule has 1 aromatic heterocycles. The Balaban J connectivity index is 1.45. The number of hydrogen-bond donors (Lipinski definition) is 0. The third-order valence-electron chi connectivity index (χ3n) is 5.13. The zero-order chi connectivity index (χ0) is 20.5. The van der Waals surface area contributed by atoms with E-state index in [-0.39, 0.29) is 24.3 Å². The van der Waals surface area contributed by atoms with E-state index < -0.39 is 0 Å². The molecule has 152 valence electrons. The van der Waals surface area contributed by atoms with Crippen molar-refractivity contribution in [2.24, 2.45) is 0 Å². The van der Waals surface area contributed by atoms with Crippen LogP contribution in [0.5, 0.6) is 5.75 Å². The Labute approximate surface area is 172 Å². The van der Waals surface area contributed by atoms with Gasteiger partial charge in [0.2, 0.25) is 5.91 Å².